The van der Waals surface area contributed by atoms with E-state index in [0.29, 0.717) is 11.0 Å². The first-order chi connectivity index (χ1) is 8.45. The lowest BCUT2D eigenvalue weighted by Gasteiger charge is -2.30. The number of amides is 1. The summed E-state index contributed by atoms with van der Waals surface area (Å²) in [5.74, 6) is 0.598. The van der Waals surface area contributed by atoms with Crippen molar-refractivity contribution < 1.29 is 4.79 Å². The van der Waals surface area contributed by atoms with Crippen LogP contribution in [0.3, 0.4) is 0 Å². The van der Waals surface area contributed by atoms with Crippen molar-refractivity contribution >= 4 is 23.1 Å². The summed E-state index contributed by atoms with van der Waals surface area (Å²) in [6.07, 6.45) is 5.90. The highest BCUT2D eigenvalue weighted by Crippen LogP contribution is 2.27. The molecule has 0 radical (unpaired) electrons. The molecule has 1 aliphatic rings. The Balaban J connectivity index is 2.55. The van der Waals surface area contributed by atoms with Gasteiger partial charge in [0.1, 0.15) is 0 Å². The van der Waals surface area contributed by atoms with Crippen molar-refractivity contribution in [2.75, 3.05) is 0 Å². The number of thiocarbonyl (C=S) groups is 1. The van der Waals surface area contributed by atoms with Gasteiger partial charge in [-0.2, -0.15) is 0 Å². The van der Waals surface area contributed by atoms with Crippen LogP contribution in [-0.2, 0) is 4.79 Å². The van der Waals surface area contributed by atoms with E-state index in [1.807, 2.05) is 13.8 Å². The molecule has 3 atom stereocenters. The molecule has 0 aliphatic heterocycles. The van der Waals surface area contributed by atoms with E-state index in [2.05, 4.69) is 12.2 Å². The molecule has 1 rings (SSSR count). The van der Waals surface area contributed by atoms with Gasteiger partial charge < -0.3 is 11.1 Å². The number of hydrogen-bond donors (Lipinski definition) is 2. The molecule has 1 fully saturated rings. The van der Waals surface area contributed by atoms with E-state index in [4.69, 9.17) is 18.0 Å². The average Bonchev–Trinajstić information content (AvgIpc) is 2.28. The maximum atomic E-state index is 12.2. The summed E-state index contributed by atoms with van der Waals surface area (Å²) in [7, 11) is 0. The van der Waals surface area contributed by atoms with Gasteiger partial charge in [-0.15, -0.1) is 0 Å². The van der Waals surface area contributed by atoms with Crippen molar-refractivity contribution in [1.82, 2.24) is 5.32 Å². The lowest BCUT2D eigenvalue weighted by atomic mass is 9.83. The fourth-order valence-electron chi connectivity index (χ4n) is 2.84. The Labute approximate surface area is 116 Å². The second-order valence-corrected chi connectivity index (χ2v) is 6.24. The van der Waals surface area contributed by atoms with Crippen molar-refractivity contribution in [2.24, 2.45) is 23.5 Å². The van der Waals surface area contributed by atoms with Gasteiger partial charge in [-0.3, -0.25) is 4.79 Å². The molecule has 104 valence electrons. The molecular weight excluding hydrogens is 244 g/mol. The Kier molecular flexibility index (Phi) is 6.06. The molecule has 0 heterocycles. The second-order valence-electron chi connectivity index (χ2n) is 5.77. The van der Waals surface area contributed by atoms with Crippen LogP contribution in [0, 0.1) is 17.8 Å². The summed E-state index contributed by atoms with van der Waals surface area (Å²) in [5.41, 5.74) is 5.67. The molecule has 0 spiro atoms. The van der Waals surface area contributed by atoms with Crippen LogP contribution in [0.1, 0.15) is 52.9 Å². The summed E-state index contributed by atoms with van der Waals surface area (Å²) in [5, 5.41) is 3.14. The number of nitrogens with two attached hydrogens (primary N) is 1. The minimum atomic E-state index is -0.331. The topological polar surface area (TPSA) is 55.1 Å². The van der Waals surface area contributed by atoms with Gasteiger partial charge in [0.25, 0.3) is 0 Å². The van der Waals surface area contributed by atoms with Crippen molar-refractivity contribution in [3.63, 3.8) is 0 Å². The number of carbonyl (C=O) groups is 1. The number of rotatable bonds is 5. The van der Waals surface area contributed by atoms with Crippen LogP contribution >= 0.6 is 12.2 Å². The summed E-state index contributed by atoms with van der Waals surface area (Å²) in [6, 6.07) is 0.312. The van der Waals surface area contributed by atoms with Crippen LogP contribution in [-0.4, -0.2) is 16.9 Å². The molecule has 3 N–H and O–H groups in total. The van der Waals surface area contributed by atoms with Gasteiger partial charge in [-0.05, 0) is 24.7 Å². The monoisotopic (exact) mass is 270 g/mol. The van der Waals surface area contributed by atoms with Crippen LogP contribution in [0.2, 0.25) is 0 Å². The molecule has 0 saturated heterocycles. The van der Waals surface area contributed by atoms with E-state index in [-0.39, 0.29) is 17.7 Å². The van der Waals surface area contributed by atoms with Crippen LogP contribution in [0.4, 0.5) is 0 Å². The van der Waals surface area contributed by atoms with Gasteiger partial charge in [0.05, 0.1) is 10.9 Å². The van der Waals surface area contributed by atoms with E-state index >= 15 is 0 Å². The maximum Gasteiger partial charge on any atom is 0.230 e. The van der Waals surface area contributed by atoms with Gasteiger partial charge in [-0.25, -0.2) is 0 Å². The summed E-state index contributed by atoms with van der Waals surface area (Å²) < 4.78 is 0. The molecule has 0 aromatic carbocycles. The molecular formula is C14H26N2OS. The van der Waals surface area contributed by atoms with Gasteiger partial charge in [0.15, 0.2) is 0 Å². The molecule has 18 heavy (non-hydrogen) atoms. The number of hydrogen-bond acceptors (Lipinski definition) is 2. The lowest BCUT2D eigenvalue weighted by Crippen LogP contribution is -2.46. The predicted octanol–water partition coefficient (Wildman–Crippen LogP) is 2.63. The van der Waals surface area contributed by atoms with E-state index in [1.54, 1.807) is 0 Å². The molecule has 3 nitrogen and oxygen atoms in total. The minimum absolute atomic E-state index is 0.0132. The Hall–Kier alpha value is -0.640. The Morgan fingerprint density at radius 2 is 2.11 bits per heavy atom. The summed E-state index contributed by atoms with van der Waals surface area (Å²) in [6.45, 7) is 6.19. The van der Waals surface area contributed by atoms with Crippen LogP contribution in [0.5, 0.6) is 0 Å². The predicted molar refractivity (Wildman–Crippen MR) is 79.3 cm³/mol. The van der Waals surface area contributed by atoms with Crippen molar-refractivity contribution in [2.45, 2.75) is 58.9 Å². The third-order valence-electron chi connectivity index (χ3n) is 3.96. The Morgan fingerprint density at radius 1 is 1.44 bits per heavy atom. The third kappa shape index (κ3) is 4.23. The molecule has 0 aromatic heterocycles. The fourth-order valence-corrected chi connectivity index (χ4v) is 3.22. The highest BCUT2D eigenvalue weighted by atomic mass is 32.1. The van der Waals surface area contributed by atoms with E-state index < -0.39 is 0 Å². The standard InChI is InChI=1S/C14H26N2OS/c1-4-10-6-5-7-11(8-10)16-14(17)12(9(2)3)13(15)18/h9-12H,4-8H2,1-3H3,(H2,15,18)(H,16,17). The zero-order valence-corrected chi connectivity index (χ0v) is 12.6. The van der Waals surface area contributed by atoms with Crippen molar-refractivity contribution in [3.8, 4) is 0 Å². The summed E-state index contributed by atoms with van der Waals surface area (Å²) >= 11 is 5.00. The smallest absolute Gasteiger partial charge is 0.230 e. The van der Waals surface area contributed by atoms with E-state index in [0.717, 1.165) is 18.8 Å². The second kappa shape index (κ2) is 7.07. The Morgan fingerprint density at radius 3 is 2.61 bits per heavy atom. The first-order valence-electron chi connectivity index (χ1n) is 7.05. The van der Waals surface area contributed by atoms with E-state index in [1.165, 1.54) is 19.3 Å². The normalized spacial score (nSPS) is 25.8. The van der Waals surface area contributed by atoms with Crippen LogP contribution < -0.4 is 11.1 Å². The number of carbonyl (C=O) groups excluding carboxylic acids is 1. The largest absolute Gasteiger partial charge is 0.393 e. The van der Waals surface area contributed by atoms with Gasteiger partial charge in [0.2, 0.25) is 5.91 Å². The molecule has 4 heteroatoms. The van der Waals surface area contributed by atoms with Crippen LogP contribution in [0.15, 0.2) is 0 Å². The fraction of sp³-hybridized carbons (Fsp3) is 0.857. The molecule has 0 bridgehead atoms. The Bertz CT molecular complexity index is 304. The van der Waals surface area contributed by atoms with Crippen molar-refractivity contribution in [1.29, 1.82) is 0 Å². The lowest BCUT2D eigenvalue weighted by molar-refractivity contribution is -0.125. The third-order valence-corrected chi connectivity index (χ3v) is 4.22. The minimum Gasteiger partial charge on any atom is -0.393 e. The summed E-state index contributed by atoms with van der Waals surface area (Å²) in [4.78, 5) is 12.5. The van der Waals surface area contributed by atoms with Gasteiger partial charge in [-0.1, -0.05) is 52.3 Å². The molecule has 1 amide bonds. The molecule has 3 unspecified atom stereocenters. The first kappa shape index (κ1) is 15.4. The van der Waals surface area contributed by atoms with Crippen LogP contribution in [0.25, 0.3) is 0 Å². The van der Waals surface area contributed by atoms with Gasteiger partial charge in [0, 0.05) is 6.04 Å². The highest BCUT2D eigenvalue weighted by Gasteiger charge is 2.28. The number of nitrogens with one attached hydrogen (secondary N) is 1. The van der Waals surface area contributed by atoms with E-state index in [9.17, 15) is 4.79 Å². The average molecular weight is 270 g/mol. The first-order valence-corrected chi connectivity index (χ1v) is 7.46. The molecule has 1 saturated carbocycles. The van der Waals surface area contributed by atoms with Crippen molar-refractivity contribution in [3.05, 3.63) is 0 Å². The molecule has 1 aliphatic carbocycles. The molecule has 0 aromatic rings. The SMILES string of the molecule is CCC1CCCC(NC(=O)C(C(N)=S)C(C)C)C1. The zero-order valence-electron chi connectivity index (χ0n) is 11.7. The van der Waals surface area contributed by atoms with Gasteiger partial charge >= 0.3 is 0 Å². The quantitative estimate of drug-likeness (QED) is 0.755. The highest BCUT2D eigenvalue weighted by molar-refractivity contribution is 7.80. The zero-order chi connectivity index (χ0) is 13.7. The maximum absolute atomic E-state index is 12.2.